The molecule has 11 heteroatoms. The Bertz CT molecular complexity index is 1680. The van der Waals surface area contributed by atoms with Crippen LogP contribution in [0.5, 0.6) is 17.2 Å². The average Bonchev–Trinajstić information content (AvgIpc) is 2.98. The Morgan fingerprint density at radius 2 is 1.52 bits per heavy atom. The van der Waals surface area contributed by atoms with Crippen LogP contribution in [0.25, 0.3) is 0 Å². The molecule has 1 amide bonds. The molecule has 0 spiro atoms. The van der Waals surface area contributed by atoms with Crippen LogP contribution >= 0.6 is 0 Å². The van der Waals surface area contributed by atoms with Gasteiger partial charge in [-0.1, -0.05) is 17.7 Å². The smallest absolute Gasteiger partial charge is 0.343 e. The van der Waals surface area contributed by atoms with E-state index in [1.165, 1.54) is 49.7 Å². The number of rotatable bonds is 11. The summed E-state index contributed by atoms with van der Waals surface area (Å²) in [4.78, 5) is 25.2. The second-order valence-electron chi connectivity index (χ2n) is 8.95. The minimum Gasteiger partial charge on any atom is -0.494 e. The molecule has 0 fully saturated rings. The summed E-state index contributed by atoms with van der Waals surface area (Å²) in [5, 5.41) is 3.97. The van der Waals surface area contributed by atoms with Crippen LogP contribution in [0.4, 0.5) is 5.69 Å². The fourth-order valence-corrected chi connectivity index (χ4v) is 4.77. The van der Waals surface area contributed by atoms with Gasteiger partial charge in [0.05, 0.1) is 30.4 Å². The van der Waals surface area contributed by atoms with Crippen LogP contribution in [-0.4, -0.2) is 40.2 Å². The van der Waals surface area contributed by atoms with Gasteiger partial charge in [-0.2, -0.15) is 5.10 Å². The molecule has 0 heterocycles. The van der Waals surface area contributed by atoms with Gasteiger partial charge < -0.3 is 14.2 Å². The Labute approximate surface area is 244 Å². The molecule has 10 nitrogen and oxygen atoms in total. The standard InChI is InChI=1S/C31H29N3O7S/c1-4-40-26-14-10-24(11-15-26)31(36)41-28-18-7-22(19-29(28)39-3)20-32-33-30(35)23-8-12-25(13-9-23)34-42(37,38)27-16-5-21(2)6-17-27/h5-20,34H,4H2,1-3H3,(H,33,35)/b32-20+. The molecule has 2 N–H and O–H groups in total. The SMILES string of the molecule is CCOc1ccc(C(=O)Oc2ccc(/C=N/NC(=O)c3ccc(NS(=O)(=O)c4ccc(C)cc4)cc3)cc2OC)cc1. The average molecular weight is 588 g/mol. The van der Waals surface area contributed by atoms with Gasteiger partial charge in [-0.05, 0) is 98.3 Å². The molecule has 0 saturated carbocycles. The first-order chi connectivity index (χ1) is 20.2. The maximum absolute atomic E-state index is 12.6. The van der Waals surface area contributed by atoms with Crippen LogP contribution < -0.4 is 24.4 Å². The molecule has 0 aliphatic carbocycles. The topological polar surface area (TPSA) is 132 Å². The van der Waals surface area contributed by atoms with E-state index >= 15 is 0 Å². The predicted molar refractivity (Wildman–Crippen MR) is 159 cm³/mol. The largest absolute Gasteiger partial charge is 0.494 e. The van der Waals surface area contributed by atoms with Gasteiger partial charge >= 0.3 is 5.97 Å². The van der Waals surface area contributed by atoms with Crippen LogP contribution in [0.15, 0.2) is 101 Å². The number of carbonyl (C=O) groups excluding carboxylic acids is 2. The summed E-state index contributed by atoms with van der Waals surface area (Å²) in [6.45, 7) is 4.27. The number of anilines is 1. The lowest BCUT2D eigenvalue weighted by molar-refractivity contribution is 0.0729. The highest BCUT2D eigenvalue weighted by Crippen LogP contribution is 2.28. The van der Waals surface area contributed by atoms with E-state index in [2.05, 4.69) is 15.2 Å². The Morgan fingerprint density at radius 1 is 0.857 bits per heavy atom. The van der Waals surface area contributed by atoms with Crippen LogP contribution in [0.3, 0.4) is 0 Å². The van der Waals surface area contributed by atoms with Gasteiger partial charge in [0.1, 0.15) is 5.75 Å². The second-order valence-corrected chi connectivity index (χ2v) is 10.6. The number of esters is 1. The van der Waals surface area contributed by atoms with Crippen molar-refractivity contribution in [3.8, 4) is 17.2 Å². The molecular weight excluding hydrogens is 558 g/mol. The van der Waals surface area contributed by atoms with Crippen molar-refractivity contribution < 1.29 is 32.2 Å². The first kappa shape index (κ1) is 29.8. The number of methoxy groups -OCH3 is 1. The zero-order valence-electron chi connectivity index (χ0n) is 23.2. The van der Waals surface area contributed by atoms with Gasteiger partial charge in [-0.25, -0.2) is 18.6 Å². The molecular formula is C31H29N3O7S. The summed E-state index contributed by atoms with van der Waals surface area (Å²) in [6.07, 6.45) is 1.41. The van der Waals surface area contributed by atoms with E-state index < -0.39 is 21.9 Å². The summed E-state index contributed by atoms with van der Waals surface area (Å²) in [5.74, 6) is 0.121. The summed E-state index contributed by atoms with van der Waals surface area (Å²) in [5.41, 5.74) is 4.89. The third-order valence-electron chi connectivity index (χ3n) is 5.90. The molecule has 4 aromatic rings. The lowest BCUT2D eigenvalue weighted by Gasteiger charge is -2.10. The monoisotopic (exact) mass is 587 g/mol. The second kappa shape index (κ2) is 13.5. The van der Waals surface area contributed by atoms with E-state index in [0.29, 0.717) is 34.9 Å². The van der Waals surface area contributed by atoms with Crippen LogP contribution in [0.2, 0.25) is 0 Å². The minimum absolute atomic E-state index is 0.139. The molecule has 0 saturated heterocycles. The van der Waals surface area contributed by atoms with Crippen molar-refractivity contribution >= 4 is 33.8 Å². The van der Waals surface area contributed by atoms with Crippen molar-refractivity contribution in [3.63, 3.8) is 0 Å². The Hall–Kier alpha value is -5.16. The fourth-order valence-electron chi connectivity index (χ4n) is 3.71. The van der Waals surface area contributed by atoms with Gasteiger partial charge in [0.15, 0.2) is 11.5 Å². The summed E-state index contributed by atoms with van der Waals surface area (Å²) >= 11 is 0. The van der Waals surface area contributed by atoms with Crippen molar-refractivity contribution in [1.82, 2.24) is 5.43 Å². The predicted octanol–water partition coefficient (Wildman–Crippen LogP) is 5.19. The molecule has 216 valence electrons. The number of sulfonamides is 1. The van der Waals surface area contributed by atoms with Gasteiger partial charge in [-0.15, -0.1) is 0 Å². The number of hydrazone groups is 1. The van der Waals surface area contributed by atoms with Gasteiger partial charge in [-0.3, -0.25) is 9.52 Å². The van der Waals surface area contributed by atoms with E-state index in [9.17, 15) is 18.0 Å². The van der Waals surface area contributed by atoms with Crippen LogP contribution in [0.1, 0.15) is 38.8 Å². The molecule has 4 aromatic carbocycles. The molecule has 0 atom stereocenters. The summed E-state index contributed by atoms with van der Waals surface area (Å²) in [6, 6.07) is 23.8. The molecule has 0 aliphatic heterocycles. The quantitative estimate of drug-likeness (QED) is 0.107. The third kappa shape index (κ3) is 7.73. The van der Waals surface area contributed by atoms with Gasteiger partial charge in [0.2, 0.25) is 0 Å². The number of aryl methyl sites for hydroxylation is 1. The molecule has 0 aromatic heterocycles. The van der Waals surface area contributed by atoms with E-state index in [1.54, 1.807) is 54.6 Å². The zero-order valence-corrected chi connectivity index (χ0v) is 24.0. The van der Waals surface area contributed by atoms with E-state index in [1.807, 2.05) is 13.8 Å². The number of hydrogen-bond donors (Lipinski definition) is 2. The maximum Gasteiger partial charge on any atom is 0.343 e. The first-order valence-electron chi connectivity index (χ1n) is 12.8. The number of nitrogens with zero attached hydrogens (tertiary/aromatic N) is 1. The highest BCUT2D eigenvalue weighted by molar-refractivity contribution is 7.92. The van der Waals surface area contributed by atoms with Crippen molar-refractivity contribution in [3.05, 3.63) is 113 Å². The molecule has 4 rings (SSSR count). The number of carbonyl (C=O) groups is 2. The van der Waals surface area contributed by atoms with Gasteiger partial charge in [0.25, 0.3) is 15.9 Å². The Morgan fingerprint density at radius 3 is 2.17 bits per heavy atom. The molecule has 0 aliphatic rings. The van der Waals surface area contributed by atoms with E-state index in [4.69, 9.17) is 14.2 Å². The first-order valence-corrected chi connectivity index (χ1v) is 14.3. The number of benzene rings is 4. The molecule has 0 unspecified atom stereocenters. The number of hydrogen-bond acceptors (Lipinski definition) is 8. The number of ether oxygens (including phenoxy) is 3. The summed E-state index contributed by atoms with van der Waals surface area (Å²) < 4.78 is 43.9. The normalized spacial score (nSPS) is 11.1. The van der Waals surface area contributed by atoms with Crippen molar-refractivity contribution in [1.29, 1.82) is 0 Å². The zero-order chi connectivity index (χ0) is 30.1. The van der Waals surface area contributed by atoms with Crippen molar-refractivity contribution in [2.24, 2.45) is 5.10 Å². The van der Waals surface area contributed by atoms with E-state index in [-0.39, 0.29) is 16.2 Å². The number of nitrogens with one attached hydrogen (secondary N) is 2. The Kier molecular flexibility index (Phi) is 9.56. The van der Waals surface area contributed by atoms with Gasteiger partial charge in [0, 0.05) is 11.3 Å². The number of amides is 1. The lowest BCUT2D eigenvalue weighted by Crippen LogP contribution is -2.18. The van der Waals surface area contributed by atoms with Crippen LogP contribution in [0, 0.1) is 6.92 Å². The Balaban J connectivity index is 1.34. The van der Waals surface area contributed by atoms with Crippen molar-refractivity contribution in [2.75, 3.05) is 18.4 Å². The fraction of sp³-hybridized carbons (Fsp3) is 0.129. The van der Waals surface area contributed by atoms with Crippen molar-refractivity contribution in [2.45, 2.75) is 18.7 Å². The van der Waals surface area contributed by atoms with E-state index in [0.717, 1.165) is 5.56 Å². The highest BCUT2D eigenvalue weighted by Gasteiger charge is 2.15. The minimum atomic E-state index is -3.76. The molecule has 0 radical (unpaired) electrons. The summed E-state index contributed by atoms with van der Waals surface area (Å²) in [7, 11) is -2.32. The molecule has 42 heavy (non-hydrogen) atoms. The highest BCUT2D eigenvalue weighted by atomic mass is 32.2. The third-order valence-corrected chi connectivity index (χ3v) is 7.30. The lowest BCUT2D eigenvalue weighted by atomic mass is 10.2. The van der Waals surface area contributed by atoms with Crippen LogP contribution in [-0.2, 0) is 10.0 Å². The maximum atomic E-state index is 12.6. The molecule has 0 bridgehead atoms.